The first-order valence-corrected chi connectivity index (χ1v) is 5.54. The van der Waals surface area contributed by atoms with Gasteiger partial charge in [0.1, 0.15) is 0 Å². The fourth-order valence-corrected chi connectivity index (χ4v) is 1.89. The van der Waals surface area contributed by atoms with Gasteiger partial charge in [-0.1, -0.05) is 6.04 Å². The molecule has 0 aromatic carbocycles. The normalized spacial score (nSPS) is 24.2. The van der Waals surface area contributed by atoms with Gasteiger partial charge in [0.15, 0.2) is 0 Å². The summed E-state index contributed by atoms with van der Waals surface area (Å²) in [7, 11) is 8.14. The van der Waals surface area contributed by atoms with Crippen molar-refractivity contribution in [3.8, 4) is 0 Å². The molecule has 0 aliphatic carbocycles. The molecular weight excluding hydrogens is 164 g/mol. The predicted octanol–water partition coefficient (Wildman–Crippen LogP) is 0.355. The molecule has 3 radical (unpaired) electrons. The molecule has 69 valence electrons. The van der Waals surface area contributed by atoms with Crippen LogP contribution in [0.15, 0.2) is 0 Å². The molecule has 1 fully saturated rings. The van der Waals surface area contributed by atoms with E-state index >= 15 is 0 Å². The maximum atomic E-state index is 3.54. The molecule has 0 spiro atoms. The molecule has 0 N–H and O–H groups in total. The van der Waals surface area contributed by atoms with Crippen LogP contribution in [-0.4, -0.2) is 66.4 Å². The van der Waals surface area contributed by atoms with Crippen molar-refractivity contribution in [1.29, 1.82) is 0 Å². The molecular formula is C9H20N2Si+. The molecule has 2 nitrogen and oxygen atoms in total. The fraction of sp³-hybridized carbons (Fsp3) is 1.00. The molecule has 0 atom stereocenters. The Bertz CT molecular complexity index is 125. The van der Waals surface area contributed by atoms with E-state index in [2.05, 4.69) is 29.2 Å². The lowest BCUT2D eigenvalue weighted by atomic mass is 10.2. The molecule has 1 aliphatic heterocycles. The maximum absolute atomic E-state index is 3.54. The van der Waals surface area contributed by atoms with Crippen LogP contribution in [0, 0.1) is 0 Å². The van der Waals surface area contributed by atoms with Gasteiger partial charge in [0, 0.05) is 23.3 Å². The van der Waals surface area contributed by atoms with Gasteiger partial charge < -0.3 is 4.48 Å². The Morgan fingerprint density at radius 2 is 1.92 bits per heavy atom. The van der Waals surface area contributed by atoms with Crippen molar-refractivity contribution in [1.82, 2.24) is 4.90 Å². The molecule has 0 bridgehead atoms. The van der Waals surface area contributed by atoms with Crippen LogP contribution in [-0.2, 0) is 0 Å². The van der Waals surface area contributed by atoms with E-state index in [0.29, 0.717) is 0 Å². The quantitative estimate of drug-likeness (QED) is 0.452. The summed E-state index contributed by atoms with van der Waals surface area (Å²) in [6, 6.07) is 1.14. The van der Waals surface area contributed by atoms with Crippen molar-refractivity contribution >= 4 is 10.2 Å². The van der Waals surface area contributed by atoms with E-state index < -0.39 is 0 Å². The first-order valence-electron chi connectivity index (χ1n) is 4.83. The molecule has 0 amide bonds. The van der Waals surface area contributed by atoms with Gasteiger partial charge in [-0.25, -0.2) is 0 Å². The topological polar surface area (TPSA) is 3.24 Å². The molecule has 0 aromatic heterocycles. The van der Waals surface area contributed by atoms with Crippen LogP contribution in [0.2, 0.25) is 6.04 Å². The van der Waals surface area contributed by atoms with Crippen LogP contribution in [0.4, 0.5) is 0 Å². The van der Waals surface area contributed by atoms with E-state index in [1.165, 1.54) is 43.6 Å². The third-order valence-corrected chi connectivity index (χ3v) is 3.27. The summed E-state index contributed by atoms with van der Waals surface area (Å²) >= 11 is 0. The molecule has 1 saturated heterocycles. The van der Waals surface area contributed by atoms with Gasteiger partial charge in [-0.2, -0.15) is 0 Å². The SMILES string of the molecule is CN1CC[N+](C)(CCC[Si])CC1. The highest BCUT2D eigenvalue weighted by Gasteiger charge is 2.25. The van der Waals surface area contributed by atoms with Crippen LogP contribution >= 0.6 is 0 Å². The monoisotopic (exact) mass is 184 g/mol. The van der Waals surface area contributed by atoms with Crippen LogP contribution in [0.25, 0.3) is 0 Å². The zero-order valence-corrected chi connectivity index (χ0v) is 9.34. The minimum atomic E-state index is 1.14. The zero-order valence-electron chi connectivity index (χ0n) is 8.34. The van der Waals surface area contributed by atoms with Gasteiger partial charge in [-0.05, 0) is 13.5 Å². The van der Waals surface area contributed by atoms with Crippen molar-refractivity contribution in [2.75, 3.05) is 46.8 Å². The molecule has 0 saturated carbocycles. The predicted molar refractivity (Wildman–Crippen MR) is 53.5 cm³/mol. The number of hydrogen-bond donors (Lipinski definition) is 0. The molecule has 12 heavy (non-hydrogen) atoms. The maximum Gasteiger partial charge on any atom is 0.0914 e. The van der Waals surface area contributed by atoms with Gasteiger partial charge in [-0.3, -0.25) is 4.90 Å². The summed E-state index contributed by atoms with van der Waals surface area (Å²) in [5.41, 5.74) is 0. The summed E-state index contributed by atoms with van der Waals surface area (Å²) in [4.78, 5) is 2.42. The molecule has 0 aromatic rings. The van der Waals surface area contributed by atoms with Gasteiger partial charge in [0.2, 0.25) is 0 Å². The third kappa shape index (κ3) is 2.88. The van der Waals surface area contributed by atoms with Crippen LogP contribution in [0.5, 0.6) is 0 Å². The van der Waals surface area contributed by atoms with Gasteiger partial charge in [0.25, 0.3) is 0 Å². The van der Waals surface area contributed by atoms with Crippen molar-refractivity contribution < 1.29 is 4.48 Å². The van der Waals surface area contributed by atoms with E-state index in [9.17, 15) is 0 Å². The second-order valence-electron chi connectivity index (χ2n) is 4.20. The van der Waals surface area contributed by atoms with Crippen molar-refractivity contribution in [2.24, 2.45) is 0 Å². The Morgan fingerprint density at radius 3 is 2.42 bits per heavy atom. The van der Waals surface area contributed by atoms with E-state index in [1.807, 2.05) is 0 Å². The third-order valence-electron chi connectivity index (χ3n) is 2.92. The van der Waals surface area contributed by atoms with Crippen LogP contribution in [0.3, 0.4) is 0 Å². The Labute approximate surface area is 79.6 Å². The van der Waals surface area contributed by atoms with Crippen LogP contribution in [0.1, 0.15) is 6.42 Å². The summed E-state index contributed by atoms with van der Waals surface area (Å²) < 4.78 is 1.27. The first-order chi connectivity index (χ1) is 5.66. The van der Waals surface area contributed by atoms with Gasteiger partial charge in [0.05, 0.1) is 26.7 Å². The minimum absolute atomic E-state index is 1.14. The van der Waals surface area contributed by atoms with Crippen molar-refractivity contribution in [3.63, 3.8) is 0 Å². The minimum Gasteiger partial charge on any atom is -0.324 e. The molecule has 3 heteroatoms. The molecule has 1 heterocycles. The Morgan fingerprint density at radius 1 is 1.33 bits per heavy atom. The Hall–Kier alpha value is 0.137. The number of nitrogens with zero attached hydrogens (tertiary/aromatic N) is 2. The fourth-order valence-electron chi connectivity index (χ4n) is 1.73. The summed E-state index contributed by atoms with van der Waals surface area (Å²) in [5.74, 6) is 0. The van der Waals surface area contributed by atoms with E-state index in [4.69, 9.17) is 0 Å². The number of rotatable bonds is 3. The highest BCUT2D eigenvalue weighted by molar-refractivity contribution is 6.08. The van der Waals surface area contributed by atoms with E-state index in [1.54, 1.807) is 0 Å². The Kier molecular flexibility index (Phi) is 3.74. The largest absolute Gasteiger partial charge is 0.324 e. The first kappa shape index (κ1) is 10.2. The summed E-state index contributed by atoms with van der Waals surface area (Å²) in [6.45, 7) is 6.50. The highest BCUT2D eigenvalue weighted by atomic mass is 28.1. The van der Waals surface area contributed by atoms with Crippen molar-refractivity contribution in [3.05, 3.63) is 0 Å². The molecule has 1 rings (SSSR count). The lowest BCUT2D eigenvalue weighted by molar-refractivity contribution is -0.913. The summed E-state index contributed by atoms with van der Waals surface area (Å²) in [6.07, 6.45) is 1.30. The van der Waals surface area contributed by atoms with Gasteiger partial charge in [-0.15, -0.1) is 0 Å². The number of quaternary nitrogens is 1. The molecule has 0 unspecified atom stereocenters. The second kappa shape index (κ2) is 4.39. The van der Waals surface area contributed by atoms with Crippen molar-refractivity contribution in [2.45, 2.75) is 12.5 Å². The van der Waals surface area contributed by atoms with E-state index in [0.717, 1.165) is 6.04 Å². The second-order valence-corrected chi connectivity index (χ2v) is 4.70. The lowest BCUT2D eigenvalue weighted by Gasteiger charge is -2.41. The lowest BCUT2D eigenvalue weighted by Crippen LogP contribution is -2.56. The Balaban J connectivity index is 2.29. The van der Waals surface area contributed by atoms with E-state index in [-0.39, 0.29) is 0 Å². The number of hydrogen-bond acceptors (Lipinski definition) is 1. The average molecular weight is 184 g/mol. The van der Waals surface area contributed by atoms with Gasteiger partial charge >= 0.3 is 0 Å². The molecule has 1 aliphatic rings. The standard InChI is InChI=1S/C9H20N2Si/c1-10-4-7-11(2,8-5-10)6-3-9-12/h3-9H2,1-2H3/q+1. The number of piperazine rings is 1. The highest BCUT2D eigenvalue weighted by Crippen LogP contribution is 2.10. The smallest absolute Gasteiger partial charge is 0.0914 e. The average Bonchev–Trinajstić information content (AvgIpc) is 2.08. The zero-order chi connectivity index (χ0) is 9.03. The van der Waals surface area contributed by atoms with Crippen LogP contribution < -0.4 is 0 Å². The number of likely N-dealkylation sites (N-methyl/N-ethyl adjacent to an activating group) is 2. The summed E-state index contributed by atoms with van der Waals surface area (Å²) in [5, 5.41) is 0.